The van der Waals surface area contributed by atoms with E-state index >= 15 is 0 Å². The summed E-state index contributed by atoms with van der Waals surface area (Å²) in [5.41, 5.74) is 3.39. The molecule has 4 aromatic rings. The lowest BCUT2D eigenvalue weighted by Gasteiger charge is -2.20. The summed E-state index contributed by atoms with van der Waals surface area (Å²) in [5, 5.41) is 9.35. The van der Waals surface area contributed by atoms with Gasteiger partial charge in [-0.2, -0.15) is 4.98 Å². The van der Waals surface area contributed by atoms with Crippen molar-refractivity contribution in [2.75, 3.05) is 23.7 Å². The molecular weight excluding hydrogens is 432 g/mol. The summed E-state index contributed by atoms with van der Waals surface area (Å²) in [6.07, 6.45) is 3.99. The molecule has 5 nitrogen and oxygen atoms in total. The van der Waals surface area contributed by atoms with Crippen LogP contribution in [0.25, 0.3) is 11.1 Å². The second kappa shape index (κ2) is 11.6. The molecule has 0 spiro atoms. The molecule has 3 aromatic carbocycles. The van der Waals surface area contributed by atoms with Crippen LogP contribution in [0.1, 0.15) is 35.2 Å². The van der Waals surface area contributed by atoms with Crippen molar-refractivity contribution in [2.24, 2.45) is 0 Å². The van der Waals surface area contributed by atoms with Crippen LogP contribution in [-0.2, 0) is 6.42 Å². The highest BCUT2D eigenvalue weighted by molar-refractivity contribution is 7.99. The van der Waals surface area contributed by atoms with E-state index in [1.807, 2.05) is 42.5 Å². The lowest BCUT2D eigenvalue weighted by Crippen LogP contribution is -2.26. The zero-order valence-corrected chi connectivity index (χ0v) is 19.3. The minimum atomic E-state index is -0.876. The molecule has 0 aliphatic carbocycles. The van der Waals surface area contributed by atoms with E-state index < -0.39 is 5.97 Å². The highest BCUT2D eigenvalue weighted by atomic mass is 32.2. The standard InChI is InChI=1S/C27H28N2O3S/c30-26(31)22-14-4-7-17-25(22)33-20-9-8-18-29(19-10-13-21-11-2-1-3-12-21)27-28-23-15-5-6-16-24(23)32-27/h1-7,11-12,14-17H,8-10,13,18-20H2,(H,30,31). The maximum atomic E-state index is 11.4. The molecule has 33 heavy (non-hydrogen) atoms. The monoisotopic (exact) mass is 460 g/mol. The molecule has 1 N–H and O–H groups in total. The van der Waals surface area contributed by atoms with E-state index in [9.17, 15) is 9.90 Å². The van der Waals surface area contributed by atoms with Gasteiger partial charge in [-0.25, -0.2) is 4.79 Å². The fraction of sp³-hybridized carbons (Fsp3) is 0.259. The smallest absolute Gasteiger partial charge is 0.336 e. The van der Waals surface area contributed by atoms with Crippen molar-refractivity contribution < 1.29 is 14.3 Å². The number of carboxylic acids is 1. The van der Waals surface area contributed by atoms with Gasteiger partial charge in [0.25, 0.3) is 6.01 Å². The van der Waals surface area contributed by atoms with Crippen molar-refractivity contribution in [1.29, 1.82) is 0 Å². The molecule has 0 aliphatic rings. The van der Waals surface area contributed by atoms with Crippen LogP contribution < -0.4 is 4.90 Å². The third-order valence-electron chi connectivity index (χ3n) is 5.49. The van der Waals surface area contributed by atoms with Crippen molar-refractivity contribution in [2.45, 2.75) is 30.6 Å². The van der Waals surface area contributed by atoms with E-state index in [0.29, 0.717) is 11.6 Å². The van der Waals surface area contributed by atoms with Gasteiger partial charge in [0.1, 0.15) is 5.52 Å². The summed E-state index contributed by atoms with van der Waals surface area (Å²) >= 11 is 1.60. The van der Waals surface area contributed by atoms with Crippen LogP contribution in [0.2, 0.25) is 0 Å². The number of aryl methyl sites for hydroxylation is 1. The van der Waals surface area contributed by atoms with Gasteiger partial charge in [0.05, 0.1) is 5.56 Å². The van der Waals surface area contributed by atoms with E-state index in [-0.39, 0.29) is 0 Å². The number of hydrogen-bond acceptors (Lipinski definition) is 5. The molecular formula is C27H28N2O3S. The molecule has 0 atom stereocenters. The molecule has 0 saturated carbocycles. The quantitative estimate of drug-likeness (QED) is 0.191. The Balaban J connectivity index is 1.33. The number of anilines is 1. The topological polar surface area (TPSA) is 66.6 Å². The molecule has 170 valence electrons. The van der Waals surface area contributed by atoms with Gasteiger partial charge in [0.15, 0.2) is 5.58 Å². The van der Waals surface area contributed by atoms with Crippen LogP contribution >= 0.6 is 11.8 Å². The number of aromatic nitrogens is 1. The number of hydrogen-bond donors (Lipinski definition) is 1. The zero-order chi connectivity index (χ0) is 22.9. The molecule has 1 aromatic heterocycles. The molecule has 0 bridgehead atoms. The number of para-hydroxylation sites is 2. The van der Waals surface area contributed by atoms with Gasteiger partial charge in [-0.3, -0.25) is 0 Å². The Kier molecular flexibility index (Phi) is 8.04. The molecule has 1 heterocycles. The van der Waals surface area contributed by atoms with Gasteiger partial charge < -0.3 is 14.4 Å². The van der Waals surface area contributed by atoms with Crippen molar-refractivity contribution in [3.63, 3.8) is 0 Å². The first kappa shape index (κ1) is 22.9. The number of aromatic carboxylic acids is 1. The van der Waals surface area contributed by atoms with Crippen molar-refractivity contribution in [3.05, 3.63) is 90.0 Å². The SMILES string of the molecule is O=C(O)c1ccccc1SCCCCN(CCCc1ccccc1)c1nc2ccccc2o1. The third-order valence-corrected chi connectivity index (χ3v) is 6.65. The number of unbranched alkanes of at least 4 members (excludes halogenated alkanes) is 1. The second-order valence-corrected chi connectivity index (χ2v) is 9.03. The van der Waals surface area contributed by atoms with Crippen LogP contribution in [0, 0.1) is 0 Å². The summed E-state index contributed by atoms with van der Waals surface area (Å²) in [6, 6.07) is 26.2. The van der Waals surface area contributed by atoms with Crippen LogP contribution in [0.15, 0.2) is 88.2 Å². The zero-order valence-electron chi connectivity index (χ0n) is 18.5. The first-order valence-electron chi connectivity index (χ1n) is 11.3. The fourth-order valence-electron chi connectivity index (χ4n) is 3.77. The normalized spacial score (nSPS) is 11.0. The summed E-state index contributed by atoms with van der Waals surface area (Å²) in [7, 11) is 0. The van der Waals surface area contributed by atoms with E-state index in [4.69, 9.17) is 9.40 Å². The molecule has 4 rings (SSSR count). The summed E-state index contributed by atoms with van der Waals surface area (Å²) in [6.45, 7) is 1.72. The highest BCUT2D eigenvalue weighted by Gasteiger charge is 2.14. The highest BCUT2D eigenvalue weighted by Crippen LogP contribution is 2.25. The number of nitrogens with zero attached hydrogens (tertiary/aromatic N) is 2. The average molecular weight is 461 g/mol. The lowest BCUT2D eigenvalue weighted by molar-refractivity contribution is 0.0693. The Morgan fingerprint density at radius 2 is 1.61 bits per heavy atom. The fourth-order valence-corrected chi connectivity index (χ4v) is 4.83. The number of carboxylic acid groups (broad SMARTS) is 1. The first-order chi connectivity index (χ1) is 16.2. The maximum absolute atomic E-state index is 11.4. The third kappa shape index (κ3) is 6.39. The predicted octanol–water partition coefficient (Wildman–Crippen LogP) is 6.54. The van der Waals surface area contributed by atoms with E-state index in [2.05, 4.69) is 29.2 Å². The van der Waals surface area contributed by atoms with E-state index in [1.165, 1.54) is 5.56 Å². The van der Waals surface area contributed by atoms with Crippen LogP contribution in [-0.4, -0.2) is 34.9 Å². The molecule has 0 amide bonds. The van der Waals surface area contributed by atoms with Crippen LogP contribution in [0.4, 0.5) is 6.01 Å². The number of oxazole rings is 1. The maximum Gasteiger partial charge on any atom is 0.336 e. The molecule has 0 radical (unpaired) electrons. The van der Waals surface area contributed by atoms with E-state index in [1.54, 1.807) is 23.9 Å². The lowest BCUT2D eigenvalue weighted by atomic mass is 10.1. The molecule has 0 aliphatic heterocycles. The average Bonchev–Trinajstić information content (AvgIpc) is 3.28. The Morgan fingerprint density at radius 1 is 0.879 bits per heavy atom. The molecule has 0 saturated heterocycles. The Bertz CT molecular complexity index is 1140. The van der Waals surface area contributed by atoms with Gasteiger partial charge in [-0.05, 0) is 61.3 Å². The van der Waals surface area contributed by atoms with Gasteiger partial charge in [0, 0.05) is 18.0 Å². The van der Waals surface area contributed by atoms with Crippen molar-refractivity contribution >= 4 is 34.8 Å². The van der Waals surface area contributed by atoms with Gasteiger partial charge in [-0.1, -0.05) is 54.6 Å². The Morgan fingerprint density at radius 3 is 2.42 bits per heavy atom. The number of fused-ring (bicyclic) bond motifs is 1. The van der Waals surface area contributed by atoms with E-state index in [0.717, 1.165) is 60.5 Å². The largest absolute Gasteiger partial charge is 0.478 e. The summed E-state index contributed by atoms with van der Waals surface area (Å²) < 4.78 is 6.05. The molecule has 6 heteroatoms. The molecule has 0 unspecified atom stereocenters. The van der Waals surface area contributed by atoms with Gasteiger partial charge >= 0.3 is 5.97 Å². The van der Waals surface area contributed by atoms with Gasteiger partial charge in [-0.15, -0.1) is 11.8 Å². The molecule has 0 fully saturated rings. The van der Waals surface area contributed by atoms with Crippen LogP contribution in [0.3, 0.4) is 0 Å². The van der Waals surface area contributed by atoms with Crippen LogP contribution in [0.5, 0.6) is 0 Å². The number of carbonyl (C=O) groups is 1. The summed E-state index contributed by atoms with van der Waals surface area (Å²) in [4.78, 5) is 19.2. The van der Waals surface area contributed by atoms with Gasteiger partial charge in [0.2, 0.25) is 0 Å². The van der Waals surface area contributed by atoms with Crippen molar-refractivity contribution in [1.82, 2.24) is 4.98 Å². The predicted molar refractivity (Wildman–Crippen MR) is 134 cm³/mol. The summed E-state index contributed by atoms with van der Waals surface area (Å²) in [5.74, 6) is -0.00551. The number of rotatable bonds is 12. The minimum Gasteiger partial charge on any atom is -0.478 e. The Labute approximate surface area is 198 Å². The minimum absolute atomic E-state index is 0.372. The second-order valence-electron chi connectivity index (χ2n) is 7.90. The van der Waals surface area contributed by atoms with Crippen molar-refractivity contribution in [3.8, 4) is 0 Å². The Hall–Kier alpha value is -3.25. The number of benzene rings is 3. The number of thioether (sulfide) groups is 1. The first-order valence-corrected chi connectivity index (χ1v) is 12.3.